The highest BCUT2D eigenvalue weighted by molar-refractivity contribution is 5.45. The predicted octanol–water partition coefficient (Wildman–Crippen LogP) is 0.993. The van der Waals surface area contributed by atoms with Gasteiger partial charge in [0, 0.05) is 18.0 Å². The molecule has 2 heterocycles. The van der Waals surface area contributed by atoms with Gasteiger partial charge >= 0.3 is 0 Å². The highest BCUT2D eigenvalue weighted by atomic mass is 16.7. The molecular weight excluding hydrogens is 244 g/mol. The largest absolute Gasteiger partial charge is 0.454 e. The molecule has 5 heteroatoms. The van der Waals surface area contributed by atoms with E-state index in [1.54, 1.807) is 0 Å². The molecule has 0 bridgehead atoms. The molecule has 0 radical (unpaired) electrons. The van der Waals surface area contributed by atoms with E-state index in [2.05, 4.69) is 31.1 Å². The number of ether oxygens (including phenoxy) is 3. The van der Waals surface area contributed by atoms with Crippen LogP contribution in [0.4, 0.5) is 0 Å². The molecule has 1 atom stereocenters. The van der Waals surface area contributed by atoms with Gasteiger partial charge in [0.15, 0.2) is 11.5 Å². The fraction of sp³-hybridized carbons (Fsp3) is 0.571. The molecule has 0 spiro atoms. The Morgan fingerprint density at radius 2 is 2.00 bits per heavy atom. The minimum Gasteiger partial charge on any atom is -0.454 e. The molecule has 0 amide bonds. The number of fused-ring (bicyclic) bond motifs is 1. The van der Waals surface area contributed by atoms with Gasteiger partial charge in [-0.3, -0.25) is 0 Å². The van der Waals surface area contributed by atoms with E-state index in [0.29, 0.717) is 26.6 Å². The first kappa shape index (κ1) is 12.7. The summed E-state index contributed by atoms with van der Waals surface area (Å²) in [5, 5.41) is 0. The van der Waals surface area contributed by atoms with Gasteiger partial charge in [-0.05, 0) is 31.8 Å². The van der Waals surface area contributed by atoms with Crippen LogP contribution < -0.4 is 15.2 Å². The van der Waals surface area contributed by atoms with Crippen LogP contribution >= 0.6 is 0 Å². The van der Waals surface area contributed by atoms with Gasteiger partial charge in [0.2, 0.25) is 6.79 Å². The van der Waals surface area contributed by atoms with Crippen molar-refractivity contribution in [2.24, 2.45) is 11.1 Å². The Morgan fingerprint density at radius 1 is 1.26 bits per heavy atom. The first-order valence-corrected chi connectivity index (χ1v) is 6.50. The lowest BCUT2D eigenvalue weighted by molar-refractivity contribution is -0.145. The standard InChI is InChI=1S/C14H20N2O3/c1-16(2)13(14(6-15)7-17-8-14)10-3-4-11-12(5-10)19-9-18-11/h3-5,13H,6-9,15H2,1-2H3. The van der Waals surface area contributed by atoms with Gasteiger partial charge in [-0.25, -0.2) is 0 Å². The van der Waals surface area contributed by atoms with Gasteiger partial charge in [-0.1, -0.05) is 6.07 Å². The summed E-state index contributed by atoms with van der Waals surface area (Å²) in [5.74, 6) is 1.63. The quantitative estimate of drug-likeness (QED) is 0.879. The van der Waals surface area contributed by atoms with E-state index in [9.17, 15) is 0 Å². The van der Waals surface area contributed by atoms with Crippen LogP contribution in [0.3, 0.4) is 0 Å². The zero-order chi connectivity index (χ0) is 13.5. The Bertz CT molecular complexity index is 466. The molecule has 0 aliphatic carbocycles. The Morgan fingerprint density at radius 3 is 2.58 bits per heavy atom. The summed E-state index contributed by atoms with van der Waals surface area (Å²) in [5.41, 5.74) is 7.19. The van der Waals surface area contributed by atoms with Crippen LogP contribution in [0.5, 0.6) is 11.5 Å². The molecule has 2 aliphatic rings. The smallest absolute Gasteiger partial charge is 0.231 e. The summed E-state index contributed by atoms with van der Waals surface area (Å²) < 4.78 is 16.2. The average molecular weight is 264 g/mol. The van der Waals surface area contributed by atoms with Crippen molar-refractivity contribution in [1.29, 1.82) is 0 Å². The molecule has 2 N–H and O–H groups in total. The van der Waals surface area contributed by atoms with Crippen molar-refractivity contribution < 1.29 is 14.2 Å². The van der Waals surface area contributed by atoms with Crippen LogP contribution in [0.1, 0.15) is 11.6 Å². The zero-order valence-electron chi connectivity index (χ0n) is 11.4. The number of nitrogens with two attached hydrogens (primary N) is 1. The molecule has 1 saturated heterocycles. The number of benzene rings is 1. The van der Waals surface area contributed by atoms with Crippen LogP contribution in [0.25, 0.3) is 0 Å². The van der Waals surface area contributed by atoms with E-state index in [1.807, 2.05) is 6.07 Å². The predicted molar refractivity (Wildman–Crippen MR) is 71.3 cm³/mol. The molecular formula is C14H20N2O3. The summed E-state index contributed by atoms with van der Waals surface area (Å²) >= 11 is 0. The third kappa shape index (κ3) is 1.98. The highest BCUT2D eigenvalue weighted by Gasteiger charge is 2.46. The second-order valence-corrected chi connectivity index (χ2v) is 5.54. The van der Waals surface area contributed by atoms with E-state index >= 15 is 0 Å². The Balaban J connectivity index is 1.96. The van der Waals surface area contributed by atoms with Gasteiger partial charge in [0.25, 0.3) is 0 Å². The molecule has 5 nitrogen and oxygen atoms in total. The molecule has 19 heavy (non-hydrogen) atoms. The van der Waals surface area contributed by atoms with Crippen molar-refractivity contribution in [2.75, 3.05) is 40.6 Å². The number of hydrogen-bond donors (Lipinski definition) is 1. The Kier molecular flexibility index (Phi) is 3.12. The molecule has 2 aliphatic heterocycles. The van der Waals surface area contributed by atoms with Gasteiger partial charge in [0.05, 0.1) is 13.2 Å². The Hall–Kier alpha value is -1.30. The maximum absolute atomic E-state index is 6.00. The van der Waals surface area contributed by atoms with E-state index in [1.165, 1.54) is 5.56 Å². The maximum atomic E-state index is 6.00. The SMILES string of the molecule is CN(C)C(c1ccc2c(c1)OCO2)C1(CN)COC1. The van der Waals surface area contributed by atoms with Crippen LogP contribution in [0.2, 0.25) is 0 Å². The lowest BCUT2D eigenvalue weighted by Crippen LogP contribution is -2.55. The maximum Gasteiger partial charge on any atom is 0.231 e. The summed E-state index contributed by atoms with van der Waals surface area (Å²) in [6.07, 6.45) is 0. The monoisotopic (exact) mass is 264 g/mol. The Labute approximate surface area is 113 Å². The van der Waals surface area contributed by atoms with Gasteiger partial charge < -0.3 is 24.8 Å². The fourth-order valence-electron chi connectivity index (χ4n) is 3.03. The minimum atomic E-state index is -0.00278. The van der Waals surface area contributed by atoms with Crippen LogP contribution in [-0.4, -0.2) is 45.5 Å². The molecule has 1 fully saturated rings. The zero-order valence-corrected chi connectivity index (χ0v) is 11.4. The van der Waals surface area contributed by atoms with E-state index in [-0.39, 0.29) is 11.5 Å². The van der Waals surface area contributed by atoms with Gasteiger partial charge in [-0.15, -0.1) is 0 Å². The van der Waals surface area contributed by atoms with Crippen molar-refractivity contribution >= 4 is 0 Å². The lowest BCUT2D eigenvalue weighted by atomic mass is 9.74. The third-order valence-electron chi connectivity index (χ3n) is 3.99. The molecule has 1 aromatic carbocycles. The van der Waals surface area contributed by atoms with Crippen molar-refractivity contribution in [3.63, 3.8) is 0 Å². The molecule has 104 valence electrons. The fourth-order valence-corrected chi connectivity index (χ4v) is 3.03. The second-order valence-electron chi connectivity index (χ2n) is 5.54. The van der Waals surface area contributed by atoms with Crippen molar-refractivity contribution in [3.8, 4) is 11.5 Å². The summed E-state index contributed by atoms with van der Waals surface area (Å²) in [6.45, 7) is 2.34. The van der Waals surface area contributed by atoms with E-state index in [0.717, 1.165) is 11.5 Å². The topological polar surface area (TPSA) is 57.0 Å². The van der Waals surface area contributed by atoms with Crippen LogP contribution in [0.15, 0.2) is 18.2 Å². The molecule has 1 aromatic rings. The second kappa shape index (κ2) is 4.67. The molecule has 1 unspecified atom stereocenters. The first-order chi connectivity index (χ1) is 9.16. The lowest BCUT2D eigenvalue weighted by Gasteiger charge is -2.49. The third-order valence-corrected chi connectivity index (χ3v) is 3.99. The average Bonchev–Trinajstić information content (AvgIpc) is 2.80. The van der Waals surface area contributed by atoms with Crippen molar-refractivity contribution in [3.05, 3.63) is 23.8 Å². The van der Waals surface area contributed by atoms with Gasteiger partial charge in [0.1, 0.15) is 0 Å². The normalized spacial score (nSPS) is 21.3. The van der Waals surface area contributed by atoms with Gasteiger partial charge in [-0.2, -0.15) is 0 Å². The van der Waals surface area contributed by atoms with E-state index in [4.69, 9.17) is 19.9 Å². The summed E-state index contributed by atoms with van der Waals surface area (Å²) in [7, 11) is 4.15. The summed E-state index contributed by atoms with van der Waals surface area (Å²) in [6, 6.07) is 6.34. The summed E-state index contributed by atoms with van der Waals surface area (Å²) in [4.78, 5) is 2.20. The van der Waals surface area contributed by atoms with Crippen LogP contribution in [-0.2, 0) is 4.74 Å². The first-order valence-electron chi connectivity index (χ1n) is 6.50. The molecule has 0 aromatic heterocycles. The minimum absolute atomic E-state index is 0.00278. The molecule has 3 rings (SSSR count). The number of hydrogen-bond acceptors (Lipinski definition) is 5. The highest BCUT2D eigenvalue weighted by Crippen LogP contribution is 2.45. The number of nitrogens with zero attached hydrogens (tertiary/aromatic N) is 1. The van der Waals surface area contributed by atoms with Crippen molar-refractivity contribution in [1.82, 2.24) is 4.90 Å². The molecule has 0 saturated carbocycles. The number of rotatable bonds is 4. The van der Waals surface area contributed by atoms with Crippen LogP contribution in [0, 0.1) is 5.41 Å². The van der Waals surface area contributed by atoms with Crippen molar-refractivity contribution in [2.45, 2.75) is 6.04 Å². The van der Waals surface area contributed by atoms with E-state index < -0.39 is 0 Å².